The van der Waals surface area contributed by atoms with Gasteiger partial charge in [0, 0.05) is 36.2 Å². The number of hydrogen-bond acceptors (Lipinski definition) is 5. The molecule has 3 aromatic carbocycles. The molecule has 35 heavy (non-hydrogen) atoms. The van der Waals surface area contributed by atoms with E-state index in [2.05, 4.69) is 14.9 Å². The van der Waals surface area contributed by atoms with Crippen molar-refractivity contribution in [2.45, 2.75) is 25.9 Å². The van der Waals surface area contributed by atoms with Crippen LogP contribution in [0.3, 0.4) is 0 Å². The topological polar surface area (TPSA) is 87.7 Å². The molecule has 1 heterocycles. The molecule has 3 aromatic rings. The zero-order valence-electron chi connectivity index (χ0n) is 19.2. The summed E-state index contributed by atoms with van der Waals surface area (Å²) in [5.74, 6) is -1.22. The number of nitrogens with one attached hydrogen (secondary N) is 2. The summed E-state index contributed by atoms with van der Waals surface area (Å²) in [5, 5.41) is 2.59. The van der Waals surface area contributed by atoms with Gasteiger partial charge >= 0.3 is 0 Å². The van der Waals surface area contributed by atoms with Gasteiger partial charge in [-0.3, -0.25) is 9.52 Å². The van der Waals surface area contributed by atoms with Crippen LogP contribution < -0.4 is 19.7 Å². The minimum absolute atomic E-state index is 0.229. The summed E-state index contributed by atoms with van der Waals surface area (Å²) in [6.07, 6.45) is 3.56. The van der Waals surface area contributed by atoms with Gasteiger partial charge in [-0.1, -0.05) is 18.2 Å². The quantitative estimate of drug-likeness (QED) is 0.445. The van der Waals surface area contributed by atoms with Gasteiger partial charge < -0.3 is 15.0 Å². The highest BCUT2D eigenvalue weighted by Crippen LogP contribution is 2.23. The van der Waals surface area contributed by atoms with E-state index in [-0.39, 0.29) is 12.4 Å². The van der Waals surface area contributed by atoms with Crippen LogP contribution in [0.25, 0.3) is 0 Å². The highest BCUT2D eigenvalue weighted by Gasteiger charge is 2.18. The summed E-state index contributed by atoms with van der Waals surface area (Å²) in [6.45, 7) is 2.24. The first-order valence-corrected chi connectivity index (χ1v) is 13.1. The number of carbonyl (C=O) groups is 1. The lowest BCUT2D eigenvalue weighted by Gasteiger charge is -2.28. The second-order valence-corrected chi connectivity index (χ2v) is 10.2. The monoisotopic (exact) mass is 497 g/mol. The van der Waals surface area contributed by atoms with Crippen molar-refractivity contribution in [2.75, 3.05) is 33.8 Å². The Balaban J connectivity index is 1.29. The van der Waals surface area contributed by atoms with Crippen LogP contribution in [0.1, 0.15) is 24.8 Å². The van der Waals surface area contributed by atoms with Gasteiger partial charge in [0.05, 0.1) is 0 Å². The maximum atomic E-state index is 13.0. The number of piperidine rings is 1. The summed E-state index contributed by atoms with van der Waals surface area (Å²) in [6, 6.07) is 19.8. The Bertz CT molecular complexity index is 1240. The smallest absolute Gasteiger partial charge is 0.241 e. The number of nitrogens with zero attached hydrogens (tertiary/aromatic N) is 1. The van der Waals surface area contributed by atoms with Crippen molar-refractivity contribution < 1.29 is 22.3 Å². The average molecular weight is 498 g/mol. The Morgan fingerprint density at radius 3 is 2.34 bits per heavy atom. The summed E-state index contributed by atoms with van der Waals surface area (Å²) < 4.78 is 46.2. The molecule has 1 aliphatic heterocycles. The number of halogens is 1. The molecule has 1 fully saturated rings. The van der Waals surface area contributed by atoms with Gasteiger partial charge in [-0.2, -0.15) is 0 Å². The molecule has 1 amide bonds. The lowest BCUT2D eigenvalue weighted by molar-refractivity contribution is -0.113. The number of sulfonamides is 1. The van der Waals surface area contributed by atoms with Gasteiger partial charge in [0.2, 0.25) is 15.9 Å². The molecule has 184 valence electrons. The van der Waals surface area contributed by atoms with Gasteiger partial charge in [-0.25, -0.2) is 12.8 Å². The Labute approximate surface area is 205 Å². The predicted octanol–water partition coefficient (Wildman–Crippen LogP) is 4.78. The summed E-state index contributed by atoms with van der Waals surface area (Å²) in [4.78, 5) is 14.7. The van der Waals surface area contributed by atoms with Gasteiger partial charge in [0.25, 0.3) is 0 Å². The number of benzene rings is 3. The first kappa shape index (κ1) is 24.5. The molecule has 0 bridgehead atoms. The van der Waals surface area contributed by atoms with Crippen molar-refractivity contribution in [3.63, 3.8) is 0 Å². The van der Waals surface area contributed by atoms with Crippen molar-refractivity contribution in [1.29, 1.82) is 0 Å². The Hall–Kier alpha value is -3.59. The number of rotatable bonds is 9. The van der Waals surface area contributed by atoms with Gasteiger partial charge in [-0.15, -0.1) is 0 Å². The number of ether oxygens (including phenoxy) is 1. The van der Waals surface area contributed by atoms with Crippen LogP contribution in [0.5, 0.6) is 5.75 Å². The van der Waals surface area contributed by atoms with Crippen LogP contribution in [-0.4, -0.2) is 33.2 Å². The minimum Gasteiger partial charge on any atom is -0.489 e. The molecular formula is C26H28FN3O4S. The molecule has 0 spiro atoms. The summed E-state index contributed by atoms with van der Waals surface area (Å²) in [7, 11) is -3.89. The number of carbonyl (C=O) groups excluding carboxylic acids is 1. The third kappa shape index (κ3) is 7.45. The Morgan fingerprint density at radius 2 is 1.63 bits per heavy atom. The molecule has 7 nitrogen and oxygen atoms in total. The second-order valence-electron chi connectivity index (χ2n) is 8.45. The van der Waals surface area contributed by atoms with Crippen LogP contribution in [0.15, 0.2) is 72.8 Å². The zero-order valence-corrected chi connectivity index (χ0v) is 20.1. The van der Waals surface area contributed by atoms with Crippen molar-refractivity contribution >= 4 is 33.0 Å². The number of hydrogen-bond donors (Lipinski definition) is 2. The zero-order chi connectivity index (χ0) is 24.7. The maximum Gasteiger partial charge on any atom is 0.241 e. The first-order chi connectivity index (χ1) is 16.9. The van der Waals surface area contributed by atoms with Crippen LogP contribution in [0.2, 0.25) is 0 Å². The van der Waals surface area contributed by atoms with Gasteiger partial charge in [0.1, 0.15) is 23.9 Å². The maximum absolute atomic E-state index is 13.0. The molecule has 0 saturated carbocycles. The summed E-state index contributed by atoms with van der Waals surface area (Å²) >= 11 is 0. The van der Waals surface area contributed by atoms with Crippen molar-refractivity contribution in [3.8, 4) is 5.75 Å². The third-order valence-electron chi connectivity index (χ3n) is 5.62. The minimum atomic E-state index is -3.89. The molecule has 1 aliphatic rings. The van der Waals surface area contributed by atoms with E-state index in [9.17, 15) is 17.6 Å². The van der Waals surface area contributed by atoms with Crippen LogP contribution in [-0.2, 0) is 21.4 Å². The largest absolute Gasteiger partial charge is 0.489 e. The van der Waals surface area contributed by atoms with E-state index in [1.807, 2.05) is 12.1 Å². The SMILES string of the molecule is O=C(CS(=O)(=O)Nc1ccc(N2CCCCC2)cc1)Nc1cccc(OCc2ccc(F)cc2)c1. The molecule has 0 unspecified atom stereocenters. The lowest BCUT2D eigenvalue weighted by atomic mass is 10.1. The average Bonchev–Trinajstić information content (AvgIpc) is 2.84. The molecule has 9 heteroatoms. The van der Waals surface area contributed by atoms with E-state index in [1.165, 1.54) is 18.6 Å². The fourth-order valence-electron chi connectivity index (χ4n) is 3.89. The molecule has 2 N–H and O–H groups in total. The van der Waals surface area contributed by atoms with Crippen molar-refractivity contribution in [3.05, 3.63) is 84.2 Å². The van der Waals surface area contributed by atoms with E-state index in [1.54, 1.807) is 48.5 Å². The number of anilines is 3. The molecule has 1 saturated heterocycles. The fourth-order valence-corrected chi connectivity index (χ4v) is 4.87. The standard InChI is InChI=1S/C26H28FN3O4S/c27-21-9-7-20(8-10-21)18-34-25-6-4-5-23(17-25)28-26(31)19-35(32,33)29-22-11-13-24(14-12-22)30-15-2-1-3-16-30/h4-14,17,29H,1-3,15-16,18-19H2,(H,28,31). The van der Waals surface area contributed by atoms with Crippen LogP contribution in [0, 0.1) is 5.82 Å². The third-order valence-corrected chi connectivity index (χ3v) is 6.81. The van der Waals surface area contributed by atoms with Crippen LogP contribution >= 0.6 is 0 Å². The molecule has 0 atom stereocenters. The summed E-state index contributed by atoms with van der Waals surface area (Å²) in [5.41, 5.74) is 2.68. The van der Waals surface area contributed by atoms with Crippen molar-refractivity contribution in [1.82, 2.24) is 0 Å². The lowest BCUT2D eigenvalue weighted by Crippen LogP contribution is -2.29. The van der Waals surface area contributed by atoms with E-state index in [0.29, 0.717) is 17.1 Å². The molecular weight excluding hydrogens is 469 g/mol. The van der Waals surface area contributed by atoms with Crippen LogP contribution in [0.4, 0.5) is 21.5 Å². The van der Waals surface area contributed by atoms with E-state index in [4.69, 9.17) is 4.74 Å². The van der Waals surface area contributed by atoms with E-state index in [0.717, 1.165) is 37.2 Å². The second kappa shape index (κ2) is 11.2. The number of amides is 1. The molecule has 0 aliphatic carbocycles. The fraction of sp³-hybridized carbons (Fsp3) is 0.269. The van der Waals surface area contributed by atoms with E-state index < -0.39 is 21.7 Å². The highest BCUT2D eigenvalue weighted by molar-refractivity contribution is 7.93. The molecule has 0 radical (unpaired) electrons. The first-order valence-electron chi connectivity index (χ1n) is 11.5. The van der Waals surface area contributed by atoms with E-state index >= 15 is 0 Å². The normalized spacial score (nSPS) is 13.8. The molecule has 0 aromatic heterocycles. The Kier molecular flexibility index (Phi) is 7.87. The van der Waals surface area contributed by atoms with Crippen molar-refractivity contribution in [2.24, 2.45) is 0 Å². The molecule has 4 rings (SSSR count). The Morgan fingerprint density at radius 1 is 0.914 bits per heavy atom. The van der Waals surface area contributed by atoms with Gasteiger partial charge in [0.15, 0.2) is 0 Å². The van der Waals surface area contributed by atoms with Gasteiger partial charge in [-0.05, 0) is 73.4 Å². The predicted molar refractivity (Wildman–Crippen MR) is 136 cm³/mol. The highest BCUT2D eigenvalue weighted by atomic mass is 32.2.